The number of esters is 3. The lowest BCUT2D eigenvalue weighted by atomic mass is 9.85. The van der Waals surface area contributed by atoms with Crippen LogP contribution in [-0.2, 0) is 14.4 Å². The minimum absolute atomic E-state index is 0.0698. The van der Waals surface area contributed by atoms with Crippen LogP contribution >= 0.6 is 0 Å². The molecule has 146 valence electrons. The van der Waals surface area contributed by atoms with E-state index in [-0.39, 0.29) is 18.1 Å². The van der Waals surface area contributed by atoms with Gasteiger partial charge in [0.1, 0.15) is 11.5 Å². The molecule has 1 atom stereocenters. The molecule has 1 aliphatic rings. The zero-order valence-corrected chi connectivity index (χ0v) is 16.0. The van der Waals surface area contributed by atoms with Crippen LogP contribution in [0.4, 0.5) is 0 Å². The lowest BCUT2D eigenvalue weighted by molar-refractivity contribution is -0.135. The Kier molecular flexibility index (Phi) is 5.35. The molecule has 0 fully saturated rings. The zero-order valence-electron chi connectivity index (χ0n) is 16.0. The van der Waals surface area contributed by atoms with E-state index in [9.17, 15) is 14.4 Å². The number of benzene rings is 2. The summed E-state index contributed by atoms with van der Waals surface area (Å²) in [6.07, 6.45) is 0.0698. The average molecular weight is 384 g/mol. The first-order chi connectivity index (χ1) is 13.3. The number of rotatable bonds is 4. The van der Waals surface area contributed by atoms with Crippen LogP contribution in [0.5, 0.6) is 23.0 Å². The summed E-state index contributed by atoms with van der Waals surface area (Å²) in [6, 6.07) is 8.51. The number of aryl methyl sites for hydroxylation is 1. The molecule has 28 heavy (non-hydrogen) atoms. The van der Waals surface area contributed by atoms with Crippen molar-refractivity contribution in [1.29, 1.82) is 0 Å². The molecular formula is C21H20O7. The summed E-state index contributed by atoms with van der Waals surface area (Å²) in [5, 5.41) is 0. The highest BCUT2D eigenvalue weighted by atomic mass is 16.6. The van der Waals surface area contributed by atoms with Crippen LogP contribution in [0.25, 0.3) is 0 Å². The number of hydrogen-bond acceptors (Lipinski definition) is 7. The highest BCUT2D eigenvalue weighted by molar-refractivity contribution is 5.80. The van der Waals surface area contributed by atoms with Gasteiger partial charge in [0.05, 0.1) is 13.5 Å². The molecule has 1 heterocycles. The second-order valence-electron chi connectivity index (χ2n) is 6.50. The molecule has 0 aromatic heterocycles. The average Bonchev–Trinajstić information content (AvgIpc) is 2.59. The summed E-state index contributed by atoms with van der Waals surface area (Å²) in [6.45, 7) is 4.44. The van der Waals surface area contributed by atoms with Crippen molar-refractivity contribution >= 4 is 17.9 Å². The number of ether oxygens (including phenoxy) is 4. The summed E-state index contributed by atoms with van der Waals surface area (Å²) >= 11 is 0. The Balaban J connectivity index is 2.12. The fourth-order valence-electron chi connectivity index (χ4n) is 3.26. The van der Waals surface area contributed by atoms with Gasteiger partial charge >= 0.3 is 17.9 Å². The van der Waals surface area contributed by atoms with Gasteiger partial charge in [-0.2, -0.15) is 0 Å². The maximum absolute atomic E-state index is 12.2. The molecule has 0 spiro atoms. The van der Waals surface area contributed by atoms with Gasteiger partial charge in [-0.1, -0.05) is 6.07 Å². The summed E-state index contributed by atoms with van der Waals surface area (Å²) in [5.74, 6) is -0.387. The van der Waals surface area contributed by atoms with Crippen molar-refractivity contribution in [1.82, 2.24) is 0 Å². The minimum Gasteiger partial charge on any atom is -0.493 e. The third-order valence-electron chi connectivity index (χ3n) is 4.29. The Bertz CT molecular complexity index is 961. The molecule has 0 bridgehead atoms. The van der Waals surface area contributed by atoms with E-state index in [4.69, 9.17) is 18.9 Å². The van der Waals surface area contributed by atoms with Crippen LogP contribution in [-0.4, -0.2) is 25.0 Å². The van der Waals surface area contributed by atoms with Crippen molar-refractivity contribution in [3.8, 4) is 23.0 Å². The third kappa shape index (κ3) is 3.98. The van der Waals surface area contributed by atoms with Crippen LogP contribution in [0, 0.1) is 6.92 Å². The number of carbonyl (C=O) groups excluding carboxylic acids is 3. The van der Waals surface area contributed by atoms with Gasteiger partial charge in [0.2, 0.25) is 0 Å². The number of hydrogen-bond donors (Lipinski definition) is 0. The fourth-order valence-corrected chi connectivity index (χ4v) is 3.26. The Morgan fingerprint density at radius 3 is 2.32 bits per heavy atom. The molecule has 7 heteroatoms. The molecule has 7 nitrogen and oxygen atoms in total. The van der Waals surface area contributed by atoms with Crippen LogP contribution in [0.15, 0.2) is 30.3 Å². The maximum Gasteiger partial charge on any atom is 0.312 e. The first-order valence-corrected chi connectivity index (χ1v) is 8.68. The predicted octanol–water partition coefficient (Wildman–Crippen LogP) is 3.30. The zero-order chi connectivity index (χ0) is 20.4. The van der Waals surface area contributed by atoms with E-state index in [0.717, 1.165) is 11.1 Å². The second-order valence-corrected chi connectivity index (χ2v) is 6.50. The smallest absolute Gasteiger partial charge is 0.312 e. The van der Waals surface area contributed by atoms with Gasteiger partial charge in [-0.25, -0.2) is 0 Å². The van der Waals surface area contributed by atoms with Crippen LogP contribution in [0.3, 0.4) is 0 Å². The highest BCUT2D eigenvalue weighted by Crippen LogP contribution is 2.46. The molecule has 0 unspecified atom stereocenters. The van der Waals surface area contributed by atoms with E-state index in [1.807, 2.05) is 6.92 Å². The Labute approximate surface area is 162 Å². The first kappa shape index (κ1) is 19.4. The lowest BCUT2D eigenvalue weighted by Crippen LogP contribution is -2.22. The topological polar surface area (TPSA) is 88.1 Å². The van der Waals surface area contributed by atoms with Gasteiger partial charge < -0.3 is 18.9 Å². The van der Waals surface area contributed by atoms with Crippen LogP contribution < -0.4 is 18.9 Å². The third-order valence-corrected chi connectivity index (χ3v) is 4.29. The van der Waals surface area contributed by atoms with Gasteiger partial charge in [0, 0.05) is 25.3 Å². The maximum atomic E-state index is 12.2. The Hall–Kier alpha value is -3.35. The SMILES string of the molecule is COc1cc([C@H]2CC(=O)Oc3cc(C)cc(OC(C)=O)c32)ccc1OC(C)=O. The Morgan fingerprint density at radius 2 is 1.68 bits per heavy atom. The number of fused-ring (bicyclic) bond motifs is 1. The molecule has 1 aliphatic heterocycles. The minimum atomic E-state index is -0.467. The summed E-state index contributed by atoms with van der Waals surface area (Å²) in [7, 11) is 1.46. The summed E-state index contributed by atoms with van der Waals surface area (Å²) in [5.41, 5.74) is 2.15. The van der Waals surface area contributed by atoms with E-state index in [0.29, 0.717) is 22.8 Å². The van der Waals surface area contributed by atoms with E-state index in [1.165, 1.54) is 21.0 Å². The lowest BCUT2D eigenvalue weighted by Gasteiger charge is -2.27. The fraction of sp³-hybridized carbons (Fsp3) is 0.286. The standard InChI is InChI=1S/C21H20O7/c1-11-7-18(27-13(3)23)21-15(10-20(24)28-19(21)8-11)14-5-6-16(26-12(2)22)17(9-14)25-4/h5-9,15H,10H2,1-4H3/t15-/m1/s1. The van der Waals surface area contributed by atoms with Crippen LogP contribution in [0.1, 0.15) is 42.9 Å². The molecule has 2 aromatic carbocycles. The normalized spacial score (nSPS) is 15.3. The van der Waals surface area contributed by atoms with Crippen molar-refractivity contribution in [2.45, 2.75) is 33.1 Å². The van der Waals surface area contributed by atoms with Crippen molar-refractivity contribution in [3.63, 3.8) is 0 Å². The molecule has 0 saturated carbocycles. The van der Waals surface area contributed by atoms with Gasteiger partial charge in [0.15, 0.2) is 11.5 Å². The van der Waals surface area contributed by atoms with Gasteiger partial charge in [-0.3, -0.25) is 14.4 Å². The van der Waals surface area contributed by atoms with Gasteiger partial charge in [-0.15, -0.1) is 0 Å². The number of methoxy groups -OCH3 is 1. The largest absolute Gasteiger partial charge is 0.493 e. The van der Waals surface area contributed by atoms with Crippen LogP contribution in [0.2, 0.25) is 0 Å². The molecule has 3 rings (SSSR count). The molecule has 0 amide bonds. The van der Waals surface area contributed by atoms with Crippen molar-refractivity contribution in [2.24, 2.45) is 0 Å². The Morgan fingerprint density at radius 1 is 1.00 bits per heavy atom. The van der Waals surface area contributed by atoms with Gasteiger partial charge in [0.25, 0.3) is 0 Å². The number of carbonyl (C=O) groups is 3. The van der Waals surface area contributed by atoms with E-state index in [2.05, 4.69) is 0 Å². The molecule has 0 aliphatic carbocycles. The van der Waals surface area contributed by atoms with E-state index < -0.39 is 17.9 Å². The van der Waals surface area contributed by atoms with Crippen molar-refractivity contribution in [3.05, 3.63) is 47.0 Å². The molecular weight excluding hydrogens is 364 g/mol. The predicted molar refractivity (Wildman–Crippen MR) is 98.9 cm³/mol. The van der Waals surface area contributed by atoms with Gasteiger partial charge in [-0.05, 0) is 42.3 Å². The van der Waals surface area contributed by atoms with E-state index >= 15 is 0 Å². The van der Waals surface area contributed by atoms with E-state index in [1.54, 1.807) is 30.3 Å². The highest BCUT2D eigenvalue weighted by Gasteiger charge is 2.33. The molecule has 0 saturated heterocycles. The second kappa shape index (κ2) is 7.72. The first-order valence-electron chi connectivity index (χ1n) is 8.68. The monoisotopic (exact) mass is 384 g/mol. The van der Waals surface area contributed by atoms with Crippen molar-refractivity contribution < 1.29 is 33.3 Å². The molecule has 0 radical (unpaired) electrons. The quantitative estimate of drug-likeness (QED) is 0.590. The summed E-state index contributed by atoms with van der Waals surface area (Å²) < 4.78 is 21.2. The summed E-state index contributed by atoms with van der Waals surface area (Å²) in [4.78, 5) is 35.0. The van der Waals surface area contributed by atoms with Crippen molar-refractivity contribution in [2.75, 3.05) is 7.11 Å². The molecule has 2 aromatic rings. The molecule has 0 N–H and O–H groups in total.